The van der Waals surface area contributed by atoms with E-state index in [2.05, 4.69) is 38.1 Å². The Morgan fingerprint density at radius 1 is 0.581 bits per heavy atom. The highest BCUT2D eigenvalue weighted by Gasteiger charge is 2.53. The molecule has 10 rings (SSSR count). The zero-order valence-corrected chi connectivity index (χ0v) is 26.3. The fraction of sp³-hybridized carbons (Fsp3) is 0.641. The van der Waals surface area contributed by atoms with Crippen molar-refractivity contribution in [3.05, 3.63) is 57.6 Å². The van der Waals surface area contributed by atoms with Crippen LogP contribution in [0.25, 0.3) is 0 Å². The van der Waals surface area contributed by atoms with Crippen LogP contribution in [-0.4, -0.2) is 35.7 Å². The first-order chi connectivity index (χ1) is 20.8. The number of rotatable bonds is 8. The summed E-state index contributed by atoms with van der Waals surface area (Å²) in [5.74, 6) is 6.08. The zero-order valence-electron chi connectivity index (χ0n) is 26.3. The van der Waals surface area contributed by atoms with Gasteiger partial charge in [0.2, 0.25) is 0 Å². The van der Waals surface area contributed by atoms with Gasteiger partial charge in [-0.15, -0.1) is 0 Å². The molecule has 8 aliphatic carbocycles. The van der Waals surface area contributed by atoms with Crippen molar-refractivity contribution in [1.29, 1.82) is 0 Å². The third-order valence-corrected chi connectivity index (χ3v) is 12.8. The van der Waals surface area contributed by atoms with Crippen molar-refractivity contribution in [2.75, 3.05) is 13.1 Å². The van der Waals surface area contributed by atoms with Gasteiger partial charge in [-0.25, -0.2) is 0 Å². The summed E-state index contributed by atoms with van der Waals surface area (Å²) in [4.78, 5) is 9.44. The molecular formula is C39H50N2O2. The minimum atomic E-state index is 0.180. The molecule has 8 fully saturated rings. The third kappa shape index (κ3) is 4.95. The van der Waals surface area contributed by atoms with Crippen LogP contribution in [0.15, 0.2) is 34.3 Å². The topological polar surface area (TPSA) is 65.2 Å². The van der Waals surface area contributed by atoms with Gasteiger partial charge in [0.1, 0.15) is 11.5 Å². The second-order valence-electron chi connectivity index (χ2n) is 16.3. The number of hydrogen-bond acceptors (Lipinski definition) is 4. The van der Waals surface area contributed by atoms with E-state index in [0.717, 1.165) is 53.1 Å². The van der Waals surface area contributed by atoms with E-state index < -0.39 is 0 Å². The predicted molar refractivity (Wildman–Crippen MR) is 175 cm³/mol. The average molecular weight is 579 g/mol. The summed E-state index contributed by atoms with van der Waals surface area (Å²) in [6.07, 6.45) is 20.6. The molecular weight excluding hydrogens is 528 g/mol. The number of phenolic OH excluding ortho intramolecular Hbond substituents is 2. The maximum absolute atomic E-state index is 11.4. The normalized spacial score (nSPS) is 37.3. The number of nitrogens with zero attached hydrogens (tertiary/aromatic N) is 2. The largest absolute Gasteiger partial charge is 0.507 e. The molecule has 0 aliphatic heterocycles. The number of hydrogen-bond donors (Lipinski definition) is 2. The summed E-state index contributed by atoms with van der Waals surface area (Å²) in [6, 6.07) is 8.71. The second-order valence-corrected chi connectivity index (χ2v) is 16.3. The lowest BCUT2D eigenvalue weighted by atomic mass is 9.48. The van der Waals surface area contributed by atoms with E-state index in [-0.39, 0.29) is 10.8 Å². The molecule has 43 heavy (non-hydrogen) atoms. The number of aliphatic imine (C=N–C) groups is 2. The van der Waals surface area contributed by atoms with Gasteiger partial charge in [-0.05, 0) is 167 Å². The SMILES string of the molecule is Cc1cc(C=NCCCN=Cc2cc(C)cc(C34CC5CC(CC(C5)C3)C4)c2O)c(O)c(C23CC4CC(CC(C4)C2)C3)c1. The van der Waals surface area contributed by atoms with E-state index in [4.69, 9.17) is 9.98 Å². The van der Waals surface area contributed by atoms with Crippen LogP contribution in [0.1, 0.15) is 117 Å². The van der Waals surface area contributed by atoms with Gasteiger partial charge in [-0.1, -0.05) is 12.1 Å². The molecule has 0 aromatic heterocycles. The number of aromatic hydroxyl groups is 2. The fourth-order valence-corrected chi connectivity index (χ4v) is 12.1. The first kappa shape index (κ1) is 27.9. The minimum absolute atomic E-state index is 0.180. The van der Waals surface area contributed by atoms with E-state index in [1.165, 1.54) is 99.3 Å². The van der Waals surface area contributed by atoms with Crippen LogP contribution < -0.4 is 0 Å². The molecule has 8 bridgehead atoms. The smallest absolute Gasteiger partial charge is 0.128 e. The van der Waals surface area contributed by atoms with E-state index in [9.17, 15) is 10.2 Å². The molecule has 8 aliphatic rings. The van der Waals surface area contributed by atoms with Crippen LogP contribution in [0.3, 0.4) is 0 Å². The second kappa shape index (κ2) is 10.5. The molecule has 228 valence electrons. The highest BCUT2D eigenvalue weighted by atomic mass is 16.3. The van der Waals surface area contributed by atoms with Gasteiger partial charge in [0.25, 0.3) is 0 Å². The van der Waals surface area contributed by atoms with Gasteiger partial charge in [-0.2, -0.15) is 0 Å². The Balaban J connectivity index is 0.918. The summed E-state index contributed by atoms with van der Waals surface area (Å²) in [6.45, 7) is 5.67. The van der Waals surface area contributed by atoms with Crippen molar-refractivity contribution in [3.8, 4) is 11.5 Å². The molecule has 2 aromatic rings. The summed E-state index contributed by atoms with van der Waals surface area (Å²) in [5, 5.41) is 22.9. The fourth-order valence-electron chi connectivity index (χ4n) is 12.1. The van der Waals surface area contributed by atoms with Crippen LogP contribution in [-0.2, 0) is 10.8 Å². The minimum Gasteiger partial charge on any atom is -0.507 e. The molecule has 0 unspecified atom stereocenters. The molecule has 4 nitrogen and oxygen atoms in total. The molecule has 0 amide bonds. The molecule has 0 radical (unpaired) electrons. The molecule has 4 heteroatoms. The Kier molecular flexibility index (Phi) is 6.80. The Morgan fingerprint density at radius 3 is 1.23 bits per heavy atom. The van der Waals surface area contributed by atoms with Crippen molar-refractivity contribution in [1.82, 2.24) is 0 Å². The third-order valence-electron chi connectivity index (χ3n) is 12.8. The Hall–Kier alpha value is -2.62. The maximum Gasteiger partial charge on any atom is 0.128 e. The summed E-state index contributed by atoms with van der Waals surface area (Å²) in [5.41, 5.74) is 6.94. The molecule has 2 aromatic carbocycles. The van der Waals surface area contributed by atoms with Crippen molar-refractivity contribution in [2.45, 2.75) is 108 Å². The molecule has 0 atom stereocenters. The maximum atomic E-state index is 11.4. The van der Waals surface area contributed by atoms with Gasteiger partial charge in [0.05, 0.1) is 0 Å². The monoisotopic (exact) mass is 578 g/mol. The molecule has 2 N–H and O–H groups in total. The lowest BCUT2D eigenvalue weighted by molar-refractivity contribution is -0.00631. The average Bonchev–Trinajstić information content (AvgIpc) is 2.94. The van der Waals surface area contributed by atoms with Gasteiger partial charge < -0.3 is 10.2 Å². The van der Waals surface area contributed by atoms with Gasteiger partial charge in [0.15, 0.2) is 0 Å². The lowest BCUT2D eigenvalue weighted by Gasteiger charge is -2.57. The number of benzene rings is 2. The highest BCUT2D eigenvalue weighted by Crippen LogP contribution is 2.63. The Morgan fingerprint density at radius 2 is 0.907 bits per heavy atom. The van der Waals surface area contributed by atoms with E-state index in [1.807, 2.05) is 12.4 Å². The van der Waals surface area contributed by atoms with Gasteiger partial charge >= 0.3 is 0 Å². The van der Waals surface area contributed by atoms with Crippen LogP contribution in [0.4, 0.5) is 0 Å². The van der Waals surface area contributed by atoms with Crippen LogP contribution >= 0.6 is 0 Å². The number of phenols is 2. The highest BCUT2D eigenvalue weighted by molar-refractivity contribution is 5.85. The lowest BCUT2D eigenvalue weighted by Crippen LogP contribution is -2.48. The van der Waals surface area contributed by atoms with E-state index >= 15 is 0 Å². The predicted octanol–water partition coefficient (Wildman–Crippen LogP) is 8.58. The summed E-state index contributed by atoms with van der Waals surface area (Å²) >= 11 is 0. The van der Waals surface area contributed by atoms with Crippen molar-refractivity contribution in [3.63, 3.8) is 0 Å². The van der Waals surface area contributed by atoms with Crippen molar-refractivity contribution >= 4 is 12.4 Å². The first-order valence-corrected chi connectivity index (χ1v) is 17.5. The Bertz CT molecular complexity index is 1290. The summed E-state index contributed by atoms with van der Waals surface area (Å²) < 4.78 is 0. The molecule has 0 spiro atoms. The molecule has 8 saturated carbocycles. The van der Waals surface area contributed by atoms with E-state index in [1.54, 1.807) is 0 Å². The van der Waals surface area contributed by atoms with Crippen molar-refractivity contribution in [2.24, 2.45) is 45.5 Å². The van der Waals surface area contributed by atoms with E-state index in [0.29, 0.717) is 24.6 Å². The molecule has 0 heterocycles. The van der Waals surface area contributed by atoms with Crippen LogP contribution in [0, 0.1) is 49.4 Å². The van der Waals surface area contributed by atoms with Gasteiger partial charge in [0, 0.05) is 47.8 Å². The summed E-state index contributed by atoms with van der Waals surface area (Å²) in [7, 11) is 0. The van der Waals surface area contributed by atoms with Crippen LogP contribution in [0.5, 0.6) is 11.5 Å². The van der Waals surface area contributed by atoms with Gasteiger partial charge in [-0.3, -0.25) is 9.98 Å². The standard InChI is InChI=1S/C39H50N2O2/c1-24-6-32(36(42)34(8-24)38-16-26-10-27(17-38)12-28(11-26)18-38)22-40-4-3-5-41-23-33-7-25(2)9-35(37(33)43)39-19-29-13-30(20-39)15-31(14-29)21-39/h6-9,22-23,26-31,42-43H,3-5,10-21H2,1-2H3. The Labute approximate surface area is 258 Å². The zero-order chi connectivity index (χ0) is 29.3. The van der Waals surface area contributed by atoms with Crippen LogP contribution in [0.2, 0.25) is 0 Å². The molecule has 0 saturated heterocycles. The quantitative estimate of drug-likeness (QED) is 0.243. The van der Waals surface area contributed by atoms with Crippen molar-refractivity contribution < 1.29 is 10.2 Å². The first-order valence-electron chi connectivity index (χ1n) is 17.5. The number of aryl methyl sites for hydroxylation is 2.